The van der Waals surface area contributed by atoms with Gasteiger partial charge in [0.1, 0.15) is 10.7 Å². The molecule has 0 fully saturated rings. The number of benzene rings is 1. The van der Waals surface area contributed by atoms with Crippen molar-refractivity contribution in [1.82, 2.24) is 4.72 Å². The van der Waals surface area contributed by atoms with Gasteiger partial charge in [-0.25, -0.2) is 17.5 Å². The second-order valence-electron chi connectivity index (χ2n) is 5.22. The minimum absolute atomic E-state index is 0.125. The van der Waals surface area contributed by atoms with E-state index >= 15 is 0 Å². The molecule has 0 aliphatic heterocycles. The molecule has 0 aliphatic rings. The summed E-state index contributed by atoms with van der Waals surface area (Å²) < 4.78 is 40.4. The standard InChI is InChI=1S/C13H20ClFN2O2S/c1-8(2)4-10(7-16)17-20(18,19)13-5-9(3)12(15)6-11(13)14/h5-6,8,10,17H,4,7,16H2,1-3H3. The molecule has 114 valence electrons. The van der Waals surface area contributed by atoms with Crippen LogP contribution in [-0.2, 0) is 10.0 Å². The van der Waals surface area contributed by atoms with Crippen LogP contribution >= 0.6 is 11.6 Å². The second kappa shape index (κ2) is 6.85. The van der Waals surface area contributed by atoms with Crippen LogP contribution in [0, 0.1) is 18.7 Å². The molecule has 0 radical (unpaired) electrons. The maximum absolute atomic E-state index is 13.3. The molecule has 0 saturated carbocycles. The van der Waals surface area contributed by atoms with Crippen molar-refractivity contribution in [3.8, 4) is 0 Å². The van der Waals surface area contributed by atoms with Crippen molar-refractivity contribution in [2.75, 3.05) is 6.54 Å². The zero-order valence-electron chi connectivity index (χ0n) is 11.8. The van der Waals surface area contributed by atoms with Gasteiger partial charge in [0.15, 0.2) is 0 Å². The van der Waals surface area contributed by atoms with Gasteiger partial charge in [-0.15, -0.1) is 0 Å². The predicted molar refractivity (Wildman–Crippen MR) is 78.8 cm³/mol. The Bertz CT molecular complexity index is 576. The SMILES string of the molecule is Cc1cc(S(=O)(=O)NC(CN)CC(C)C)c(Cl)cc1F. The van der Waals surface area contributed by atoms with E-state index in [1.807, 2.05) is 13.8 Å². The van der Waals surface area contributed by atoms with Crippen molar-refractivity contribution < 1.29 is 12.8 Å². The third-order valence-corrected chi connectivity index (χ3v) is 4.85. The summed E-state index contributed by atoms with van der Waals surface area (Å²) in [6, 6.07) is 1.86. The van der Waals surface area contributed by atoms with E-state index in [4.69, 9.17) is 17.3 Å². The average molecular weight is 323 g/mol. The molecular weight excluding hydrogens is 303 g/mol. The molecule has 0 amide bonds. The summed E-state index contributed by atoms with van der Waals surface area (Å²) in [5.41, 5.74) is 5.80. The maximum Gasteiger partial charge on any atom is 0.242 e. The van der Waals surface area contributed by atoms with Gasteiger partial charge in [0, 0.05) is 12.6 Å². The smallest absolute Gasteiger partial charge is 0.242 e. The van der Waals surface area contributed by atoms with Gasteiger partial charge in [0.2, 0.25) is 10.0 Å². The first kappa shape index (κ1) is 17.4. The van der Waals surface area contributed by atoms with E-state index in [-0.39, 0.29) is 28.1 Å². The molecule has 1 aromatic carbocycles. The van der Waals surface area contributed by atoms with E-state index in [0.29, 0.717) is 12.3 Å². The Morgan fingerprint density at radius 1 is 1.40 bits per heavy atom. The number of rotatable bonds is 6. The Labute approximate surface area is 124 Å². The van der Waals surface area contributed by atoms with E-state index < -0.39 is 15.8 Å². The molecule has 1 rings (SSSR count). The summed E-state index contributed by atoms with van der Waals surface area (Å²) >= 11 is 5.83. The Balaban J connectivity index is 3.08. The lowest BCUT2D eigenvalue weighted by Crippen LogP contribution is -2.41. The first-order valence-corrected chi connectivity index (χ1v) is 8.21. The number of halogens is 2. The van der Waals surface area contributed by atoms with Gasteiger partial charge >= 0.3 is 0 Å². The first-order valence-electron chi connectivity index (χ1n) is 6.35. The van der Waals surface area contributed by atoms with Gasteiger partial charge < -0.3 is 5.73 Å². The van der Waals surface area contributed by atoms with E-state index in [9.17, 15) is 12.8 Å². The Morgan fingerprint density at radius 3 is 2.50 bits per heavy atom. The summed E-state index contributed by atoms with van der Waals surface area (Å²) in [4.78, 5) is -0.125. The van der Waals surface area contributed by atoms with Crippen molar-refractivity contribution in [3.63, 3.8) is 0 Å². The van der Waals surface area contributed by atoms with Crippen LogP contribution < -0.4 is 10.5 Å². The quantitative estimate of drug-likeness (QED) is 0.845. The van der Waals surface area contributed by atoms with E-state index in [0.717, 1.165) is 6.07 Å². The van der Waals surface area contributed by atoms with Crippen LogP contribution in [0.25, 0.3) is 0 Å². The molecule has 1 atom stereocenters. The molecule has 4 nitrogen and oxygen atoms in total. The van der Waals surface area contributed by atoms with Crippen LogP contribution in [0.3, 0.4) is 0 Å². The van der Waals surface area contributed by atoms with Crippen molar-refractivity contribution in [1.29, 1.82) is 0 Å². The number of nitrogens with one attached hydrogen (secondary N) is 1. The molecule has 20 heavy (non-hydrogen) atoms. The van der Waals surface area contributed by atoms with Crippen LogP contribution in [0.4, 0.5) is 4.39 Å². The molecule has 0 aliphatic carbocycles. The van der Waals surface area contributed by atoms with E-state index in [1.165, 1.54) is 13.0 Å². The maximum atomic E-state index is 13.3. The molecule has 1 aromatic rings. The van der Waals surface area contributed by atoms with Gasteiger partial charge in [0.25, 0.3) is 0 Å². The number of aryl methyl sites for hydroxylation is 1. The molecule has 1 unspecified atom stereocenters. The van der Waals surface area contributed by atoms with Crippen molar-refractivity contribution in [2.45, 2.75) is 38.1 Å². The molecule has 7 heteroatoms. The molecule has 0 saturated heterocycles. The first-order chi connectivity index (χ1) is 9.17. The van der Waals surface area contributed by atoms with Crippen LogP contribution in [0.5, 0.6) is 0 Å². The molecule has 3 N–H and O–H groups in total. The van der Waals surface area contributed by atoms with Crippen LogP contribution in [-0.4, -0.2) is 21.0 Å². The summed E-state index contributed by atoms with van der Waals surface area (Å²) in [5.74, 6) is -0.233. The third-order valence-electron chi connectivity index (χ3n) is 2.86. The van der Waals surface area contributed by atoms with Crippen LogP contribution in [0.1, 0.15) is 25.8 Å². The highest BCUT2D eigenvalue weighted by molar-refractivity contribution is 7.89. The van der Waals surface area contributed by atoms with E-state index in [1.54, 1.807) is 0 Å². The fourth-order valence-corrected chi connectivity index (χ4v) is 3.74. The minimum Gasteiger partial charge on any atom is -0.329 e. The van der Waals surface area contributed by atoms with Gasteiger partial charge in [0.05, 0.1) is 5.02 Å². The van der Waals surface area contributed by atoms with Gasteiger partial charge in [-0.2, -0.15) is 0 Å². The third kappa shape index (κ3) is 4.41. The number of nitrogens with two attached hydrogens (primary N) is 1. The minimum atomic E-state index is -3.82. The molecular formula is C13H20ClFN2O2S. The number of hydrogen-bond acceptors (Lipinski definition) is 3. The highest BCUT2D eigenvalue weighted by Gasteiger charge is 2.23. The second-order valence-corrected chi connectivity index (χ2v) is 7.30. The lowest BCUT2D eigenvalue weighted by atomic mass is 10.1. The molecule has 0 bridgehead atoms. The highest BCUT2D eigenvalue weighted by atomic mass is 35.5. The monoisotopic (exact) mass is 322 g/mol. The van der Waals surface area contributed by atoms with Crippen molar-refractivity contribution >= 4 is 21.6 Å². The largest absolute Gasteiger partial charge is 0.329 e. The van der Waals surface area contributed by atoms with E-state index in [2.05, 4.69) is 4.72 Å². The molecule has 0 aromatic heterocycles. The predicted octanol–water partition coefficient (Wildman–Crippen LogP) is 2.44. The lowest BCUT2D eigenvalue weighted by Gasteiger charge is -2.19. The van der Waals surface area contributed by atoms with Crippen LogP contribution in [0.15, 0.2) is 17.0 Å². The highest BCUT2D eigenvalue weighted by Crippen LogP contribution is 2.25. The Hall–Kier alpha value is -0.690. The normalized spacial score (nSPS) is 13.8. The van der Waals surface area contributed by atoms with Gasteiger partial charge in [-0.05, 0) is 37.0 Å². The number of hydrogen-bond donors (Lipinski definition) is 2. The fourth-order valence-electron chi connectivity index (χ4n) is 1.88. The van der Waals surface area contributed by atoms with Crippen LogP contribution in [0.2, 0.25) is 5.02 Å². The summed E-state index contributed by atoms with van der Waals surface area (Å²) in [7, 11) is -3.82. The van der Waals surface area contributed by atoms with Crippen molar-refractivity contribution in [2.24, 2.45) is 11.7 Å². The Kier molecular flexibility index (Phi) is 5.94. The van der Waals surface area contributed by atoms with Gasteiger partial charge in [-0.3, -0.25) is 0 Å². The van der Waals surface area contributed by atoms with Crippen molar-refractivity contribution in [3.05, 3.63) is 28.5 Å². The fraction of sp³-hybridized carbons (Fsp3) is 0.538. The van der Waals surface area contributed by atoms with Gasteiger partial charge in [-0.1, -0.05) is 25.4 Å². The molecule has 0 spiro atoms. The number of sulfonamides is 1. The lowest BCUT2D eigenvalue weighted by molar-refractivity contribution is 0.465. The summed E-state index contributed by atoms with van der Waals surface area (Å²) in [5, 5.41) is -0.138. The Morgan fingerprint density at radius 2 is 2.00 bits per heavy atom. The topological polar surface area (TPSA) is 72.2 Å². The zero-order chi connectivity index (χ0) is 15.5. The molecule has 0 heterocycles. The average Bonchev–Trinajstić information content (AvgIpc) is 2.31. The summed E-state index contributed by atoms with van der Waals surface area (Å²) in [6.45, 7) is 5.63. The summed E-state index contributed by atoms with van der Waals surface area (Å²) in [6.07, 6.45) is 0.619. The zero-order valence-corrected chi connectivity index (χ0v) is 13.4.